The minimum absolute atomic E-state index is 0.321. The van der Waals surface area contributed by atoms with Crippen LogP contribution in [0, 0.1) is 20.8 Å². The van der Waals surface area contributed by atoms with Crippen molar-refractivity contribution in [2.24, 2.45) is 0 Å². The number of carboxylic acids is 1. The summed E-state index contributed by atoms with van der Waals surface area (Å²) in [7, 11) is 0. The molecule has 0 aromatic heterocycles. The van der Waals surface area contributed by atoms with E-state index in [0.29, 0.717) is 17.9 Å². The van der Waals surface area contributed by atoms with Gasteiger partial charge < -0.3 is 15.2 Å². The minimum atomic E-state index is -0.903. The van der Waals surface area contributed by atoms with Crippen LogP contribution in [0.25, 0.3) is 0 Å². The van der Waals surface area contributed by atoms with Crippen LogP contribution in [0.1, 0.15) is 39.9 Å². The number of carbonyl (C=O) groups is 1. The maximum atomic E-state index is 11.3. The van der Waals surface area contributed by atoms with Crippen molar-refractivity contribution in [2.75, 3.05) is 18.5 Å². The zero-order valence-corrected chi connectivity index (χ0v) is 14.6. The summed E-state index contributed by atoms with van der Waals surface area (Å²) in [4.78, 5) is 11.3. The average Bonchev–Trinajstić information content (AvgIpc) is 2.50. The van der Waals surface area contributed by atoms with Gasteiger partial charge in [-0.15, -0.1) is 0 Å². The third-order valence-corrected chi connectivity index (χ3v) is 3.76. The lowest BCUT2D eigenvalue weighted by Crippen LogP contribution is -2.09. The molecule has 2 aromatic rings. The topological polar surface area (TPSA) is 58.6 Å². The summed E-state index contributed by atoms with van der Waals surface area (Å²) in [6.07, 6.45) is 1.83. The van der Waals surface area contributed by atoms with Crippen LogP contribution in [0.2, 0.25) is 0 Å². The zero-order valence-electron chi connectivity index (χ0n) is 14.6. The molecule has 24 heavy (non-hydrogen) atoms. The molecule has 2 rings (SSSR count). The standard InChI is InChI=1S/C20H25NO3/c1-14-6-7-19(18(13-14)20(22)23)21-8-4-5-9-24-17-11-15(2)10-16(3)12-17/h6-7,10-13,21H,4-5,8-9H2,1-3H3,(H,22,23). The monoisotopic (exact) mass is 327 g/mol. The first-order valence-corrected chi connectivity index (χ1v) is 8.24. The highest BCUT2D eigenvalue weighted by Gasteiger charge is 2.09. The molecule has 2 N–H and O–H groups in total. The lowest BCUT2D eigenvalue weighted by Gasteiger charge is -2.11. The number of hydrogen-bond acceptors (Lipinski definition) is 3. The summed E-state index contributed by atoms with van der Waals surface area (Å²) in [6, 6.07) is 11.6. The molecule has 0 fully saturated rings. The maximum absolute atomic E-state index is 11.3. The van der Waals surface area contributed by atoms with Crippen molar-refractivity contribution in [1.29, 1.82) is 0 Å². The second kappa shape index (κ2) is 8.39. The summed E-state index contributed by atoms with van der Waals surface area (Å²) >= 11 is 0. The zero-order chi connectivity index (χ0) is 17.5. The van der Waals surface area contributed by atoms with Crippen LogP contribution in [0.3, 0.4) is 0 Å². The molecular formula is C20H25NO3. The quantitative estimate of drug-likeness (QED) is 0.697. The molecule has 2 aromatic carbocycles. The third-order valence-electron chi connectivity index (χ3n) is 3.76. The van der Waals surface area contributed by atoms with Gasteiger partial charge in [-0.2, -0.15) is 0 Å². The molecule has 0 aliphatic rings. The van der Waals surface area contributed by atoms with Gasteiger partial charge in [-0.1, -0.05) is 17.7 Å². The number of ether oxygens (including phenoxy) is 1. The smallest absolute Gasteiger partial charge is 0.337 e. The van der Waals surface area contributed by atoms with Crippen LogP contribution >= 0.6 is 0 Å². The highest BCUT2D eigenvalue weighted by Crippen LogP contribution is 2.18. The van der Waals surface area contributed by atoms with E-state index in [1.165, 1.54) is 11.1 Å². The first kappa shape index (κ1) is 17.9. The lowest BCUT2D eigenvalue weighted by molar-refractivity contribution is 0.0698. The molecule has 4 nitrogen and oxygen atoms in total. The first-order valence-electron chi connectivity index (χ1n) is 8.24. The van der Waals surface area contributed by atoms with Crippen molar-refractivity contribution in [3.63, 3.8) is 0 Å². The van der Waals surface area contributed by atoms with Crippen molar-refractivity contribution >= 4 is 11.7 Å². The molecule has 0 spiro atoms. The molecule has 0 aliphatic carbocycles. The average molecular weight is 327 g/mol. The Hall–Kier alpha value is -2.49. The molecule has 0 radical (unpaired) electrons. The van der Waals surface area contributed by atoms with E-state index in [-0.39, 0.29) is 0 Å². The number of rotatable bonds is 8. The van der Waals surface area contributed by atoms with E-state index in [2.05, 4.69) is 25.2 Å². The van der Waals surface area contributed by atoms with Crippen LogP contribution in [-0.4, -0.2) is 24.2 Å². The first-order chi connectivity index (χ1) is 11.5. The van der Waals surface area contributed by atoms with Crippen LogP contribution in [0.5, 0.6) is 5.75 Å². The summed E-state index contributed by atoms with van der Waals surface area (Å²) in [5.41, 5.74) is 4.34. The van der Waals surface area contributed by atoms with E-state index in [4.69, 9.17) is 4.74 Å². The Morgan fingerprint density at radius 2 is 1.71 bits per heavy atom. The predicted octanol–water partition coefficient (Wildman–Crippen LogP) is 4.58. The molecule has 4 heteroatoms. The number of aromatic carboxylic acids is 1. The molecule has 0 amide bonds. The fourth-order valence-electron chi connectivity index (χ4n) is 2.65. The van der Waals surface area contributed by atoms with Crippen molar-refractivity contribution in [2.45, 2.75) is 33.6 Å². The maximum Gasteiger partial charge on any atom is 0.337 e. The van der Waals surface area contributed by atoms with Crippen LogP contribution in [-0.2, 0) is 0 Å². The molecule has 0 heterocycles. The van der Waals surface area contributed by atoms with E-state index < -0.39 is 5.97 Å². The van der Waals surface area contributed by atoms with Crippen LogP contribution in [0.15, 0.2) is 36.4 Å². The lowest BCUT2D eigenvalue weighted by atomic mass is 10.1. The summed E-state index contributed by atoms with van der Waals surface area (Å²) in [6.45, 7) is 7.39. The minimum Gasteiger partial charge on any atom is -0.494 e. The molecule has 0 unspecified atom stereocenters. The van der Waals surface area contributed by atoms with E-state index >= 15 is 0 Å². The summed E-state index contributed by atoms with van der Waals surface area (Å²) < 4.78 is 5.78. The van der Waals surface area contributed by atoms with Gasteiger partial charge in [0.05, 0.1) is 12.2 Å². The van der Waals surface area contributed by atoms with E-state index in [9.17, 15) is 9.90 Å². The number of aryl methyl sites for hydroxylation is 3. The largest absolute Gasteiger partial charge is 0.494 e. The molecule has 0 saturated heterocycles. The van der Waals surface area contributed by atoms with E-state index in [0.717, 1.165) is 30.7 Å². The Kier molecular flexibility index (Phi) is 6.24. The fraction of sp³-hybridized carbons (Fsp3) is 0.350. The van der Waals surface area contributed by atoms with Crippen molar-refractivity contribution < 1.29 is 14.6 Å². The Balaban J connectivity index is 1.75. The normalized spacial score (nSPS) is 10.5. The summed E-state index contributed by atoms with van der Waals surface area (Å²) in [5, 5.41) is 12.4. The molecule has 0 aliphatic heterocycles. The molecule has 0 bridgehead atoms. The number of unbranched alkanes of at least 4 members (excludes halogenated alkanes) is 1. The number of benzene rings is 2. The molecule has 128 valence electrons. The van der Waals surface area contributed by atoms with Crippen LogP contribution < -0.4 is 10.1 Å². The van der Waals surface area contributed by atoms with E-state index in [1.807, 2.05) is 31.2 Å². The highest BCUT2D eigenvalue weighted by atomic mass is 16.5. The van der Waals surface area contributed by atoms with Crippen molar-refractivity contribution in [3.05, 3.63) is 58.7 Å². The Bertz CT molecular complexity index is 690. The Morgan fingerprint density at radius 1 is 1.00 bits per heavy atom. The molecule has 0 atom stereocenters. The van der Waals surface area contributed by atoms with E-state index in [1.54, 1.807) is 6.07 Å². The van der Waals surface area contributed by atoms with Gasteiger partial charge in [0.15, 0.2) is 0 Å². The second-order valence-corrected chi connectivity index (χ2v) is 6.16. The Labute approximate surface area is 143 Å². The number of nitrogens with one attached hydrogen (secondary N) is 1. The fourth-order valence-corrected chi connectivity index (χ4v) is 2.65. The third kappa shape index (κ3) is 5.30. The number of hydrogen-bond donors (Lipinski definition) is 2. The van der Waals surface area contributed by atoms with Crippen LogP contribution in [0.4, 0.5) is 5.69 Å². The number of carboxylic acid groups (broad SMARTS) is 1. The van der Waals surface area contributed by atoms with Gasteiger partial charge in [0, 0.05) is 12.2 Å². The van der Waals surface area contributed by atoms with Gasteiger partial charge in [-0.05, 0) is 69.0 Å². The van der Waals surface area contributed by atoms with Gasteiger partial charge in [0.25, 0.3) is 0 Å². The van der Waals surface area contributed by atoms with Gasteiger partial charge >= 0.3 is 5.97 Å². The molecular weight excluding hydrogens is 302 g/mol. The van der Waals surface area contributed by atoms with Crippen molar-refractivity contribution in [1.82, 2.24) is 0 Å². The molecule has 0 saturated carbocycles. The number of anilines is 1. The van der Waals surface area contributed by atoms with Gasteiger partial charge in [0.1, 0.15) is 5.75 Å². The van der Waals surface area contributed by atoms with Crippen molar-refractivity contribution in [3.8, 4) is 5.75 Å². The van der Waals surface area contributed by atoms with Gasteiger partial charge in [-0.3, -0.25) is 0 Å². The Morgan fingerprint density at radius 3 is 2.38 bits per heavy atom. The van der Waals surface area contributed by atoms with Gasteiger partial charge in [0.2, 0.25) is 0 Å². The second-order valence-electron chi connectivity index (χ2n) is 6.16. The highest BCUT2D eigenvalue weighted by molar-refractivity contribution is 5.94. The van der Waals surface area contributed by atoms with Gasteiger partial charge in [-0.25, -0.2) is 4.79 Å². The predicted molar refractivity (Wildman–Crippen MR) is 97.3 cm³/mol. The SMILES string of the molecule is Cc1cc(C)cc(OCCCCNc2ccc(C)cc2C(=O)O)c1. The summed E-state index contributed by atoms with van der Waals surface area (Å²) in [5.74, 6) is 0.00603.